The lowest BCUT2D eigenvalue weighted by Crippen LogP contribution is -2.36. The van der Waals surface area contributed by atoms with E-state index in [1.54, 1.807) is 30.5 Å². The highest BCUT2D eigenvalue weighted by Crippen LogP contribution is 2.53. The molecule has 166 valence electrons. The number of hydrogen-bond donors (Lipinski definition) is 2. The van der Waals surface area contributed by atoms with Crippen LogP contribution in [0.15, 0.2) is 47.5 Å². The highest BCUT2D eigenvalue weighted by Gasteiger charge is 2.44. The lowest BCUT2D eigenvalue weighted by atomic mass is 9.93. The number of nitrogens with zero attached hydrogens (tertiary/aromatic N) is 2. The van der Waals surface area contributed by atoms with Gasteiger partial charge < -0.3 is 15.3 Å². The maximum absolute atomic E-state index is 13.1. The second-order valence-corrected chi connectivity index (χ2v) is 11.8. The SMILES string of the molecule is CC(C)(CO)S(=O)(=O)c1cccc(NC(=O)c2cccnc2N2CCC3(CC2)CC3)c1. The third-order valence-corrected chi connectivity index (χ3v) is 9.08. The van der Waals surface area contributed by atoms with Crippen LogP contribution in [0, 0.1) is 5.41 Å². The minimum absolute atomic E-state index is 0.0570. The number of benzene rings is 1. The number of pyridine rings is 1. The number of piperidine rings is 1. The Labute approximate surface area is 183 Å². The Balaban J connectivity index is 1.55. The first-order valence-corrected chi connectivity index (χ1v) is 12.1. The summed E-state index contributed by atoms with van der Waals surface area (Å²) in [6.07, 6.45) is 6.57. The molecule has 1 saturated heterocycles. The lowest BCUT2D eigenvalue weighted by Gasteiger charge is -2.33. The fourth-order valence-corrected chi connectivity index (χ4v) is 5.39. The Kier molecular flexibility index (Phi) is 5.55. The summed E-state index contributed by atoms with van der Waals surface area (Å²) in [5, 5.41) is 12.3. The summed E-state index contributed by atoms with van der Waals surface area (Å²) in [5.41, 5.74) is 1.38. The first-order chi connectivity index (χ1) is 14.7. The maximum atomic E-state index is 13.1. The molecule has 1 aliphatic heterocycles. The molecular formula is C23H29N3O4S. The van der Waals surface area contributed by atoms with Crippen LogP contribution in [0.4, 0.5) is 11.5 Å². The number of anilines is 2. The smallest absolute Gasteiger partial charge is 0.259 e. The zero-order chi connectivity index (χ0) is 22.3. The van der Waals surface area contributed by atoms with Crippen molar-refractivity contribution in [1.82, 2.24) is 4.98 Å². The van der Waals surface area contributed by atoms with Crippen LogP contribution < -0.4 is 10.2 Å². The Morgan fingerprint density at radius 3 is 2.52 bits per heavy atom. The van der Waals surface area contributed by atoms with Crippen molar-refractivity contribution in [2.24, 2.45) is 5.41 Å². The molecular weight excluding hydrogens is 414 g/mol. The van der Waals surface area contributed by atoms with E-state index in [-0.39, 0.29) is 10.8 Å². The molecule has 0 radical (unpaired) electrons. The zero-order valence-corrected chi connectivity index (χ0v) is 18.8. The molecule has 4 rings (SSSR count). The van der Waals surface area contributed by atoms with Crippen molar-refractivity contribution in [3.05, 3.63) is 48.2 Å². The standard InChI is InChI=1S/C23H29N3O4S/c1-22(2,16-27)31(29,30)18-6-3-5-17(15-18)25-21(28)19-7-4-12-24-20(19)26-13-10-23(8-9-23)11-14-26/h3-7,12,15,27H,8-11,13-14,16H2,1-2H3,(H,25,28). The van der Waals surface area contributed by atoms with Crippen LogP contribution >= 0.6 is 0 Å². The van der Waals surface area contributed by atoms with Crippen molar-refractivity contribution in [1.29, 1.82) is 0 Å². The number of sulfone groups is 1. The van der Waals surface area contributed by atoms with Gasteiger partial charge in [-0.3, -0.25) is 4.79 Å². The van der Waals surface area contributed by atoms with Crippen LogP contribution in [0.5, 0.6) is 0 Å². The van der Waals surface area contributed by atoms with Crippen molar-refractivity contribution >= 4 is 27.2 Å². The third-order valence-electron chi connectivity index (χ3n) is 6.62. The van der Waals surface area contributed by atoms with Gasteiger partial charge in [0.25, 0.3) is 5.91 Å². The van der Waals surface area contributed by atoms with Gasteiger partial charge in [0.05, 0.1) is 21.8 Å². The normalized spacial score (nSPS) is 18.1. The zero-order valence-electron chi connectivity index (χ0n) is 18.0. The van der Waals surface area contributed by atoms with Crippen molar-refractivity contribution in [3.8, 4) is 0 Å². The van der Waals surface area contributed by atoms with Crippen molar-refractivity contribution in [2.75, 3.05) is 29.9 Å². The topological polar surface area (TPSA) is 99.6 Å². The summed E-state index contributed by atoms with van der Waals surface area (Å²) in [5.74, 6) is 0.339. The van der Waals surface area contributed by atoms with E-state index in [2.05, 4.69) is 15.2 Å². The number of aromatic nitrogens is 1. The summed E-state index contributed by atoms with van der Waals surface area (Å²) in [6, 6.07) is 9.61. The van der Waals surface area contributed by atoms with Gasteiger partial charge in [0.15, 0.2) is 9.84 Å². The predicted octanol–water partition coefficient (Wildman–Crippen LogP) is 3.26. The van der Waals surface area contributed by atoms with E-state index >= 15 is 0 Å². The average molecular weight is 444 g/mol. The van der Waals surface area contributed by atoms with Gasteiger partial charge >= 0.3 is 0 Å². The fourth-order valence-electron chi connectivity index (χ4n) is 4.04. The summed E-state index contributed by atoms with van der Waals surface area (Å²) in [4.78, 5) is 19.8. The molecule has 0 bridgehead atoms. The summed E-state index contributed by atoms with van der Waals surface area (Å²) in [7, 11) is -3.76. The largest absolute Gasteiger partial charge is 0.395 e. The lowest BCUT2D eigenvalue weighted by molar-refractivity contribution is 0.102. The molecule has 2 aromatic rings. The van der Waals surface area contributed by atoms with Gasteiger partial charge in [0.1, 0.15) is 5.82 Å². The molecule has 31 heavy (non-hydrogen) atoms. The van der Waals surface area contributed by atoms with Crippen LogP contribution in [0.2, 0.25) is 0 Å². The van der Waals surface area contributed by atoms with Gasteiger partial charge in [-0.2, -0.15) is 0 Å². The molecule has 2 heterocycles. The highest BCUT2D eigenvalue weighted by atomic mass is 32.2. The molecule has 2 fully saturated rings. The van der Waals surface area contributed by atoms with E-state index in [0.717, 1.165) is 25.9 Å². The third kappa shape index (κ3) is 4.19. The Morgan fingerprint density at radius 2 is 1.87 bits per heavy atom. The number of rotatable bonds is 6. The Hall–Kier alpha value is -2.45. The van der Waals surface area contributed by atoms with E-state index in [0.29, 0.717) is 22.5 Å². The minimum atomic E-state index is -3.76. The van der Waals surface area contributed by atoms with Gasteiger partial charge in [-0.05, 0) is 75.3 Å². The van der Waals surface area contributed by atoms with Crippen molar-refractivity contribution in [3.63, 3.8) is 0 Å². The Morgan fingerprint density at radius 1 is 1.16 bits per heavy atom. The molecule has 7 nitrogen and oxygen atoms in total. The molecule has 1 saturated carbocycles. The van der Waals surface area contributed by atoms with Crippen molar-refractivity contribution < 1.29 is 18.3 Å². The number of hydrogen-bond acceptors (Lipinski definition) is 6. The second-order valence-electron chi connectivity index (χ2n) is 9.26. The van der Waals surface area contributed by atoms with Gasteiger partial charge in [0.2, 0.25) is 0 Å². The van der Waals surface area contributed by atoms with Crippen LogP contribution in [0.25, 0.3) is 0 Å². The molecule has 0 atom stereocenters. The summed E-state index contributed by atoms with van der Waals surface area (Å²) in [6.45, 7) is 4.23. The summed E-state index contributed by atoms with van der Waals surface area (Å²) >= 11 is 0. The number of carbonyl (C=O) groups excluding carboxylic acids is 1. The van der Waals surface area contributed by atoms with Crippen LogP contribution in [0.3, 0.4) is 0 Å². The molecule has 2 N–H and O–H groups in total. The van der Waals surface area contributed by atoms with Crippen LogP contribution in [-0.4, -0.2) is 48.9 Å². The summed E-state index contributed by atoms with van der Waals surface area (Å²) < 4.78 is 24.3. The van der Waals surface area contributed by atoms with E-state index < -0.39 is 21.2 Å². The highest BCUT2D eigenvalue weighted by molar-refractivity contribution is 7.92. The molecule has 0 unspecified atom stereocenters. The maximum Gasteiger partial charge on any atom is 0.259 e. The predicted molar refractivity (Wildman–Crippen MR) is 120 cm³/mol. The van der Waals surface area contributed by atoms with Crippen molar-refractivity contribution in [2.45, 2.75) is 49.2 Å². The van der Waals surface area contributed by atoms with Gasteiger partial charge in [-0.15, -0.1) is 0 Å². The molecule has 8 heteroatoms. The van der Waals surface area contributed by atoms with E-state index in [9.17, 15) is 18.3 Å². The second kappa shape index (κ2) is 7.91. The molecule has 1 spiro atoms. The Bertz CT molecular complexity index is 1080. The number of aliphatic hydroxyl groups is 1. The quantitative estimate of drug-likeness (QED) is 0.711. The first kappa shape index (κ1) is 21.8. The van der Waals surface area contributed by atoms with E-state index in [1.807, 2.05) is 0 Å². The van der Waals surface area contributed by atoms with Gasteiger partial charge in [-0.25, -0.2) is 13.4 Å². The number of carbonyl (C=O) groups is 1. The van der Waals surface area contributed by atoms with E-state index in [1.165, 1.54) is 38.8 Å². The molecule has 1 amide bonds. The number of nitrogens with one attached hydrogen (secondary N) is 1. The number of aliphatic hydroxyl groups excluding tert-OH is 1. The molecule has 2 aliphatic rings. The number of amides is 1. The monoisotopic (exact) mass is 443 g/mol. The van der Waals surface area contributed by atoms with Gasteiger partial charge in [-0.1, -0.05) is 6.07 Å². The van der Waals surface area contributed by atoms with Crippen LogP contribution in [0.1, 0.15) is 49.9 Å². The van der Waals surface area contributed by atoms with Crippen LogP contribution in [-0.2, 0) is 9.84 Å². The first-order valence-electron chi connectivity index (χ1n) is 10.6. The average Bonchev–Trinajstić information content (AvgIpc) is 3.53. The fraction of sp³-hybridized carbons (Fsp3) is 0.478. The molecule has 1 aliphatic carbocycles. The molecule has 1 aromatic heterocycles. The van der Waals surface area contributed by atoms with Gasteiger partial charge in [0, 0.05) is 25.0 Å². The molecule has 1 aromatic carbocycles. The minimum Gasteiger partial charge on any atom is -0.395 e. The van der Waals surface area contributed by atoms with E-state index in [4.69, 9.17) is 0 Å².